The van der Waals surface area contributed by atoms with Gasteiger partial charge in [-0.15, -0.1) is 0 Å². The van der Waals surface area contributed by atoms with Crippen molar-refractivity contribution in [3.8, 4) is 0 Å². The lowest BCUT2D eigenvalue weighted by atomic mass is 10.1. The third kappa shape index (κ3) is 3.44. The number of fused-ring (bicyclic) bond motifs is 2. The summed E-state index contributed by atoms with van der Waals surface area (Å²) in [4.78, 5) is 2.48. The van der Waals surface area contributed by atoms with Gasteiger partial charge >= 0.3 is 0 Å². The van der Waals surface area contributed by atoms with Crippen molar-refractivity contribution in [3.05, 3.63) is 41.5 Å². The van der Waals surface area contributed by atoms with Crippen molar-refractivity contribution in [2.24, 2.45) is 0 Å². The highest BCUT2D eigenvalue weighted by Crippen LogP contribution is 2.18. The van der Waals surface area contributed by atoms with E-state index in [4.69, 9.17) is 9.47 Å². The lowest BCUT2D eigenvalue weighted by Gasteiger charge is -2.41. The van der Waals surface area contributed by atoms with Gasteiger partial charge in [-0.1, -0.05) is 42.0 Å². The molecule has 2 bridgehead atoms. The Hall–Kier alpha value is -1.16. The first-order valence-electron chi connectivity index (χ1n) is 6.97. The summed E-state index contributed by atoms with van der Waals surface area (Å²) in [7, 11) is 0. The molecule has 3 rings (SSSR count). The van der Waals surface area contributed by atoms with Gasteiger partial charge in [0.1, 0.15) is 0 Å². The van der Waals surface area contributed by atoms with E-state index in [1.807, 2.05) is 0 Å². The average molecular weight is 259 g/mol. The second-order valence-electron chi connectivity index (χ2n) is 5.51. The van der Waals surface area contributed by atoms with Crippen molar-refractivity contribution >= 4 is 6.08 Å². The molecule has 2 aliphatic rings. The van der Waals surface area contributed by atoms with E-state index < -0.39 is 0 Å². The van der Waals surface area contributed by atoms with Crippen molar-refractivity contribution in [1.82, 2.24) is 4.90 Å². The molecule has 102 valence electrons. The number of rotatable bonds is 3. The molecule has 19 heavy (non-hydrogen) atoms. The Morgan fingerprint density at radius 2 is 1.89 bits per heavy atom. The largest absolute Gasteiger partial charge is 0.376 e. The Bertz CT molecular complexity index is 431. The van der Waals surface area contributed by atoms with Gasteiger partial charge in [0.05, 0.1) is 25.4 Å². The zero-order valence-corrected chi connectivity index (χ0v) is 11.4. The van der Waals surface area contributed by atoms with E-state index in [1.54, 1.807) is 0 Å². The summed E-state index contributed by atoms with van der Waals surface area (Å²) in [6.45, 7) is 6.68. The molecule has 2 fully saturated rings. The normalized spacial score (nSPS) is 28.4. The molecular formula is C16H21NO2. The lowest BCUT2D eigenvalue weighted by molar-refractivity contribution is -0.177. The highest BCUT2D eigenvalue weighted by molar-refractivity contribution is 5.52. The van der Waals surface area contributed by atoms with Crippen molar-refractivity contribution in [2.45, 2.75) is 19.1 Å². The number of morpholine rings is 1. The van der Waals surface area contributed by atoms with Gasteiger partial charge in [0.15, 0.2) is 0 Å². The first-order valence-corrected chi connectivity index (χ1v) is 6.97. The fourth-order valence-electron chi connectivity index (χ4n) is 2.88. The first-order chi connectivity index (χ1) is 9.29. The number of hydrogen-bond donors (Lipinski definition) is 0. The van der Waals surface area contributed by atoms with Crippen LogP contribution in [0.3, 0.4) is 0 Å². The third-order valence-electron chi connectivity index (χ3n) is 3.60. The average Bonchev–Trinajstić information content (AvgIpc) is 2.39. The first kappa shape index (κ1) is 12.9. The molecule has 0 aliphatic carbocycles. The van der Waals surface area contributed by atoms with Crippen LogP contribution >= 0.6 is 0 Å². The van der Waals surface area contributed by atoms with Gasteiger partial charge in [-0.2, -0.15) is 0 Å². The van der Waals surface area contributed by atoms with Gasteiger partial charge in [-0.25, -0.2) is 0 Å². The van der Waals surface area contributed by atoms with Crippen LogP contribution < -0.4 is 0 Å². The molecule has 0 radical (unpaired) electrons. The third-order valence-corrected chi connectivity index (χ3v) is 3.60. The Labute approximate surface area is 114 Å². The smallest absolute Gasteiger partial charge is 0.0940 e. The Morgan fingerprint density at radius 1 is 1.21 bits per heavy atom. The quantitative estimate of drug-likeness (QED) is 0.830. The summed E-state index contributed by atoms with van der Waals surface area (Å²) in [6.07, 6.45) is 2.79. The van der Waals surface area contributed by atoms with E-state index in [1.165, 1.54) is 11.1 Å². The standard InChI is InChI=1S/C16H21NO2/c1-13(7-14-5-3-2-4-6-14)8-17-9-15-11-18-12-16(10-17)19-15/h2-7,15-16H,8-12H2,1H3/b13-7+. The van der Waals surface area contributed by atoms with Gasteiger partial charge in [0.25, 0.3) is 0 Å². The molecular weight excluding hydrogens is 238 g/mol. The number of nitrogens with zero attached hydrogens (tertiary/aromatic N) is 1. The molecule has 0 spiro atoms. The minimum atomic E-state index is 0.261. The maximum absolute atomic E-state index is 5.87. The molecule has 0 N–H and O–H groups in total. The van der Waals surface area contributed by atoms with E-state index in [0.29, 0.717) is 0 Å². The van der Waals surface area contributed by atoms with E-state index in [-0.39, 0.29) is 12.2 Å². The van der Waals surface area contributed by atoms with Crippen LogP contribution in [0.2, 0.25) is 0 Å². The van der Waals surface area contributed by atoms with Crippen LogP contribution in [0, 0.1) is 0 Å². The molecule has 2 heterocycles. The molecule has 2 saturated heterocycles. The fraction of sp³-hybridized carbons (Fsp3) is 0.500. The molecule has 1 aromatic rings. The SMILES string of the molecule is C/C(=C\c1ccccc1)CN1CC2COCC(C1)O2. The molecule has 2 atom stereocenters. The predicted octanol–water partition coefficient (Wildman–Crippen LogP) is 2.19. The Kier molecular flexibility index (Phi) is 3.97. The number of benzene rings is 1. The van der Waals surface area contributed by atoms with Gasteiger partial charge in [0.2, 0.25) is 0 Å². The van der Waals surface area contributed by atoms with Crippen LogP contribution in [0.15, 0.2) is 35.9 Å². The van der Waals surface area contributed by atoms with Crippen molar-refractivity contribution < 1.29 is 9.47 Å². The highest BCUT2D eigenvalue weighted by atomic mass is 16.6. The monoisotopic (exact) mass is 259 g/mol. The minimum Gasteiger partial charge on any atom is -0.376 e. The van der Waals surface area contributed by atoms with Crippen LogP contribution in [-0.4, -0.2) is 50.0 Å². The topological polar surface area (TPSA) is 21.7 Å². The van der Waals surface area contributed by atoms with Crippen molar-refractivity contribution in [3.63, 3.8) is 0 Å². The number of hydrogen-bond acceptors (Lipinski definition) is 3. The number of ether oxygens (including phenoxy) is 2. The zero-order chi connectivity index (χ0) is 13.1. The van der Waals surface area contributed by atoms with Crippen molar-refractivity contribution in [1.29, 1.82) is 0 Å². The molecule has 0 aromatic heterocycles. The molecule has 3 nitrogen and oxygen atoms in total. The second-order valence-corrected chi connectivity index (χ2v) is 5.51. The summed E-state index contributed by atoms with van der Waals surface area (Å²) in [5.74, 6) is 0. The molecule has 3 heteroatoms. The summed E-state index contributed by atoms with van der Waals surface area (Å²) >= 11 is 0. The van der Waals surface area contributed by atoms with Crippen LogP contribution in [0.5, 0.6) is 0 Å². The van der Waals surface area contributed by atoms with Gasteiger partial charge in [-0.3, -0.25) is 4.90 Å². The van der Waals surface area contributed by atoms with Gasteiger partial charge in [0, 0.05) is 19.6 Å². The Balaban J connectivity index is 1.60. The van der Waals surface area contributed by atoms with Gasteiger partial charge < -0.3 is 9.47 Å². The van der Waals surface area contributed by atoms with E-state index >= 15 is 0 Å². The predicted molar refractivity (Wildman–Crippen MR) is 76.0 cm³/mol. The molecule has 0 saturated carbocycles. The Morgan fingerprint density at radius 3 is 2.58 bits per heavy atom. The summed E-state index contributed by atoms with van der Waals surface area (Å²) in [6, 6.07) is 10.5. The van der Waals surface area contributed by atoms with E-state index in [9.17, 15) is 0 Å². The minimum absolute atomic E-state index is 0.261. The fourth-order valence-corrected chi connectivity index (χ4v) is 2.88. The van der Waals surface area contributed by atoms with Gasteiger partial charge in [-0.05, 0) is 12.5 Å². The van der Waals surface area contributed by atoms with Crippen LogP contribution in [0.1, 0.15) is 12.5 Å². The van der Waals surface area contributed by atoms with Crippen LogP contribution in [0.25, 0.3) is 6.08 Å². The van der Waals surface area contributed by atoms with Crippen LogP contribution in [0.4, 0.5) is 0 Å². The van der Waals surface area contributed by atoms with Crippen molar-refractivity contribution in [2.75, 3.05) is 32.8 Å². The van der Waals surface area contributed by atoms with E-state index in [0.717, 1.165) is 32.8 Å². The summed E-state index contributed by atoms with van der Waals surface area (Å²) < 4.78 is 11.4. The molecule has 1 aromatic carbocycles. The zero-order valence-electron chi connectivity index (χ0n) is 11.4. The summed E-state index contributed by atoms with van der Waals surface area (Å²) in [5, 5.41) is 0. The maximum Gasteiger partial charge on any atom is 0.0940 e. The summed E-state index contributed by atoms with van der Waals surface area (Å²) in [5.41, 5.74) is 2.67. The second kappa shape index (κ2) is 5.87. The molecule has 2 unspecified atom stereocenters. The van der Waals surface area contributed by atoms with Crippen LogP contribution in [-0.2, 0) is 9.47 Å². The lowest BCUT2D eigenvalue weighted by Crippen LogP contribution is -2.54. The van der Waals surface area contributed by atoms with E-state index in [2.05, 4.69) is 48.2 Å². The molecule has 0 amide bonds. The molecule has 2 aliphatic heterocycles. The highest BCUT2D eigenvalue weighted by Gasteiger charge is 2.31. The maximum atomic E-state index is 5.87.